The summed E-state index contributed by atoms with van der Waals surface area (Å²) in [7, 11) is 1.64. The van der Waals surface area contributed by atoms with Crippen LogP contribution < -0.4 is 15.4 Å². The molecule has 116 valence electrons. The van der Waals surface area contributed by atoms with Crippen molar-refractivity contribution in [2.24, 2.45) is 0 Å². The molecule has 0 bridgehead atoms. The molecule has 0 unspecified atom stereocenters. The van der Waals surface area contributed by atoms with Crippen LogP contribution in [0.5, 0.6) is 5.75 Å². The molecule has 0 aliphatic heterocycles. The molecule has 0 atom stereocenters. The van der Waals surface area contributed by atoms with Crippen molar-refractivity contribution in [2.75, 3.05) is 25.6 Å². The first-order valence-electron chi connectivity index (χ1n) is 7.09. The Morgan fingerprint density at radius 2 is 1.95 bits per heavy atom. The van der Waals surface area contributed by atoms with Gasteiger partial charge in [0.1, 0.15) is 5.75 Å². The molecule has 0 fully saturated rings. The number of rotatable bonds is 7. The van der Waals surface area contributed by atoms with Crippen LogP contribution >= 0.6 is 0 Å². The Kier molecular flexibility index (Phi) is 5.80. The van der Waals surface area contributed by atoms with E-state index in [-0.39, 0.29) is 19.1 Å². The van der Waals surface area contributed by atoms with Crippen LogP contribution in [0.25, 0.3) is 0 Å². The van der Waals surface area contributed by atoms with E-state index in [0.29, 0.717) is 12.1 Å². The second-order valence-corrected chi connectivity index (χ2v) is 4.76. The Morgan fingerprint density at radius 3 is 2.64 bits per heavy atom. The predicted molar refractivity (Wildman–Crippen MR) is 86.2 cm³/mol. The summed E-state index contributed by atoms with van der Waals surface area (Å²) in [5, 5.41) is 14.6. The second kappa shape index (κ2) is 8.05. The number of aliphatic hydroxyl groups excluding tert-OH is 1. The van der Waals surface area contributed by atoms with E-state index in [9.17, 15) is 4.79 Å². The molecule has 1 amide bonds. The minimum absolute atomic E-state index is 0.0683. The van der Waals surface area contributed by atoms with Gasteiger partial charge < -0.3 is 20.5 Å². The molecule has 2 aromatic carbocycles. The van der Waals surface area contributed by atoms with Gasteiger partial charge in [-0.2, -0.15) is 0 Å². The minimum Gasteiger partial charge on any atom is -0.497 e. The number of carbonyl (C=O) groups excluding carboxylic acids is 1. The average molecular weight is 300 g/mol. The van der Waals surface area contributed by atoms with Crippen LogP contribution in [0, 0.1) is 0 Å². The number of hydrogen-bond acceptors (Lipinski definition) is 4. The smallest absolute Gasteiger partial charge is 0.251 e. The van der Waals surface area contributed by atoms with Crippen molar-refractivity contribution < 1.29 is 14.6 Å². The number of amides is 1. The molecule has 5 heteroatoms. The number of aliphatic hydroxyl groups is 1. The van der Waals surface area contributed by atoms with Crippen LogP contribution in [0.15, 0.2) is 48.5 Å². The lowest BCUT2D eigenvalue weighted by atomic mass is 10.1. The number of nitrogens with one attached hydrogen (secondary N) is 2. The topological polar surface area (TPSA) is 70.6 Å². The number of hydrogen-bond donors (Lipinski definition) is 3. The van der Waals surface area contributed by atoms with Crippen molar-refractivity contribution in [1.29, 1.82) is 0 Å². The standard InChI is InChI=1S/C17H20N2O3/c1-22-16-7-5-13(6-8-16)12-19-15-4-2-3-14(11-15)17(21)18-9-10-20/h2-8,11,19-20H,9-10,12H2,1H3,(H,18,21). The van der Waals surface area contributed by atoms with E-state index in [1.165, 1.54) is 0 Å². The molecule has 0 heterocycles. The highest BCUT2D eigenvalue weighted by Crippen LogP contribution is 2.15. The first-order chi connectivity index (χ1) is 10.7. The molecule has 22 heavy (non-hydrogen) atoms. The third-order valence-corrected chi connectivity index (χ3v) is 3.18. The van der Waals surface area contributed by atoms with E-state index in [1.807, 2.05) is 36.4 Å². The largest absolute Gasteiger partial charge is 0.497 e. The van der Waals surface area contributed by atoms with E-state index < -0.39 is 0 Å². The molecule has 0 saturated carbocycles. The van der Waals surface area contributed by atoms with Gasteiger partial charge in [0.15, 0.2) is 0 Å². The molecular formula is C17H20N2O3. The molecule has 0 aliphatic rings. The number of carbonyl (C=O) groups is 1. The van der Waals surface area contributed by atoms with Crippen molar-refractivity contribution in [2.45, 2.75) is 6.54 Å². The van der Waals surface area contributed by atoms with Gasteiger partial charge >= 0.3 is 0 Å². The summed E-state index contributed by atoms with van der Waals surface area (Å²) in [5.41, 5.74) is 2.55. The monoisotopic (exact) mass is 300 g/mol. The summed E-state index contributed by atoms with van der Waals surface area (Å²) in [4.78, 5) is 11.8. The van der Waals surface area contributed by atoms with E-state index in [1.54, 1.807) is 19.2 Å². The molecule has 0 spiro atoms. The summed E-state index contributed by atoms with van der Waals surface area (Å²) >= 11 is 0. The zero-order valence-electron chi connectivity index (χ0n) is 12.5. The van der Waals surface area contributed by atoms with E-state index in [4.69, 9.17) is 9.84 Å². The van der Waals surface area contributed by atoms with Crippen molar-refractivity contribution in [3.05, 3.63) is 59.7 Å². The lowest BCUT2D eigenvalue weighted by Crippen LogP contribution is -2.26. The molecule has 0 radical (unpaired) electrons. The maximum Gasteiger partial charge on any atom is 0.251 e. The highest BCUT2D eigenvalue weighted by molar-refractivity contribution is 5.95. The van der Waals surface area contributed by atoms with Gasteiger partial charge in [-0.15, -0.1) is 0 Å². The Bertz CT molecular complexity index is 612. The molecular weight excluding hydrogens is 280 g/mol. The Morgan fingerprint density at radius 1 is 1.18 bits per heavy atom. The fourth-order valence-corrected chi connectivity index (χ4v) is 1.99. The van der Waals surface area contributed by atoms with E-state index in [0.717, 1.165) is 17.0 Å². The number of benzene rings is 2. The zero-order chi connectivity index (χ0) is 15.8. The first kappa shape index (κ1) is 15.9. The SMILES string of the molecule is COc1ccc(CNc2cccc(C(=O)NCCO)c2)cc1. The predicted octanol–water partition coefficient (Wildman–Crippen LogP) is 2.03. The number of methoxy groups -OCH3 is 1. The lowest BCUT2D eigenvalue weighted by Gasteiger charge is -2.09. The third-order valence-electron chi connectivity index (χ3n) is 3.18. The molecule has 0 aliphatic carbocycles. The minimum atomic E-state index is -0.192. The highest BCUT2D eigenvalue weighted by Gasteiger charge is 2.05. The Balaban J connectivity index is 1.96. The third kappa shape index (κ3) is 4.49. The molecule has 5 nitrogen and oxygen atoms in total. The maximum absolute atomic E-state index is 11.8. The molecule has 3 N–H and O–H groups in total. The zero-order valence-corrected chi connectivity index (χ0v) is 12.5. The quantitative estimate of drug-likeness (QED) is 0.732. The van der Waals surface area contributed by atoms with Crippen molar-refractivity contribution in [3.8, 4) is 5.75 Å². The Labute approximate surface area is 129 Å². The molecule has 0 saturated heterocycles. The van der Waals surface area contributed by atoms with Crippen LogP contribution in [-0.4, -0.2) is 31.3 Å². The van der Waals surface area contributed by atoms with Crippen LogP contribution in [-0.2, 0) is 6.54 Å². The van der Waals surface area contributed by atoms with Crippen LogP contribution in [0.1, 0.15) is 15.9 Å². The van der Waals surface area contributed by atoms with Gasteiger partial charge in [-0.3, -0.25) is 4.79 Å². The molecule has 0 aromatic heterocycles. The van der Waals surface area contributed by atoms with E-state index in [2.05, 4.69) is 10.6 Å². The van der Waals surface area contributed by atoms with Gasteiger partial charge in [-0.1, -0.05) is 18.2 Å². The second-order valence-electron chi connectivity index (χ2n) is 4.76. The normalized spacial score (nSPS) is 10.1. The van der Waals surface area contributed by atoms with Crippen LogP contribution in [0.2, 0.25) is 0 Å². The van der Waals surface area contributed by atoms with Gasteiger partial charge in [-0.05, 0) is 35.9 Å². The number of anilines is 1. The van der Waals surface area contributed by atoms with Crippen LogP contribution in [0.4, 0.5) is 5.69 Å². The van der Waals surface area contributed by atoms with Gasteiger partial charge in [-0.25, -0.2) is 0 Å². The van der Waals surface area contributed by atoms with E-state index >= 15 is 0 Å². The van der Waals surface area contributed by atoms with Gasteiger partial charge in [0, 0.05) is 24.3 Å². The summed E-state index contributed by atoms with van der Waals surface area (Å²) < 4.78 is 5.12. The van der Waals surface area contributed by atoms with Crippen molar-refractivity contribution in [3.63, 3.8) is 0 Å². The Hall–Kier alpha value is -2.53. The summed E-state index contributed by atoms with van der Waals surface area (Å²) in [5.74, 6) is 0.633. The molecule has 2 rings (SSSR count). The molecule has 2 aromatic rings. The van der Waals surface area contributed by atoms with Gasteiger partial charge in [0.25, 0.3) is 5.91 Å². The summed E-state index contributed by atoms with van der Waals surface area (Å²) in [6.45, 7) is 0.842. The average Bonchev–Trinajstić information content (AvgIpc) is 2.58. The van der Waals surface area contributed by atoms with Crippen molar-refractivity contribution in [1.82, 2.24) is 5.32 Å². The lowest BCUT2D eigenvalue weighted by molar-refractivity contribution is 0.0945. The van der Waals surface area contributed by atoms with Gasteiger partial charge in [0.05, 0.1) is 13.7 Å². The van der Waals surface area contributed by atoms with Gasteiger partial charge in [0.2, 0.25) is 0 Å². The fourth-order valence-electron chi connectivity index (χ4n) is 1.99. The first-order valence-corrected chi connectivity index (χ1v) is 7.09. The summed E-state index contributed by atoms with van der Waals surface area (Å²) in [6.07, 6.45) is 0. The summed E-state index contributed by atoms with van der Waals surface area (Å²) in [6, 6.07) is 15.1. The van der Waals surface area contributed by atoms with Crippen molar-refractivity contribution >= 4 is 11.6 Å². The van der Waals surface area contributed by atoms with Crippen LogP contribution in [0.3, 0.4) is 0 Å². The fraction of sp³-hybridized carbons (Fsp3) is 0.235. The number of ether oxygens (including phenoxy) is 1. The highest BCUT2D eigenvalue weighted by atomic mass is 16.5. The maximum atomic E-state index is 11.8.